The number of carbonyl (C=O) groups excluding carboxylic acids is 1. The Labute approximate surface area is 130 Å². The van der Waals surface area contributed by atoms with Crippen molar-refractivity contribution in [2.45, 2.75) is 26.7 Å². The predicted molar refractivity (Wildman–Crippen MR) is 87.6 cm³/mol. The number of carbonyl (C=O) groups is 1. The third kappa shape index (κ3) is 2.86. The van der Waals surface area contributed by atoms with Crippen molar-refractivity contribution in [2.24, 2.45) is 5.92 Å². The molecular weight excluding hydrogens is 276 g/mol. The molecule has 1 amide bonds. The zero-order chi connectivity index (χ0) is 15.7. The van der Waals surface area contributed by atoms with Gasteiger partial charge in [0, 0.05) is 24.3 Å². The number of hydrogen-bond donors (Lipinski definition) is 1. The van der Waals surface area contributed by atoms with Crippen LogP contribution in [-0.2, 0) is 0 Å². The summed E-state index contributed by atoms with van der Waals surface area (Å²) in [4.78, 5) is 14.4. The van der Waals surface area contributed by atoms with E-state index in [1.54, 1.807) is 6.07 Å². The van der Waals surface area contributed by atoms with Crippen LogP contribution in [0.2, 0.25) is 0 Å². The normalized spacial score (nSPS) is 18.5. The molecule has 1 aliphatic heterocycles. The molecule has 2 heterocycles. The minimum Gasteiger partial charge on any atom is -0.451 e. The van der Waals surface area contributed by atoms with E-state index in [4.69, 9.17) is 10.2 Å². The van der Waals surface area contributed by atoms with Crippen LogP contribution in [0.4, 0.5) is 5.69 Å². The van der Waals surface area contributed by atoms with Crippen molar-refractivity contribution in [2.75, 3.05) is 18.8 Å². The lowest BCUT2D eigenvalue weighted by Crippen LogP contribution is -2.38. The van der Waals surface area contributed by atoms with Gasteiger partial charge in [0.15, 0.2) is 5.76 Å². The minimum atomic E-state index is -0.00843. The molecular formula is C18H22N2O2. The summed E-state index contributed by atoms with van der Waals surface area (Å²) in [7, 11) is 0. The Morgan fingerprint density at radius 3 is 2.86 bits per heavy atom. The fraction of sp³-hybridized carbons (Fsp3) is 0.389. The Morgan fingerprint density at radius 2 is 2.14 bits per heavy atom. The summed E-state index contributed by atoms with van der Waals surface area (Å²) in [6.45, 7) is 5.81. The molecule has 4 heteroatoms. The quantitative estimate of drug-likeness (QED) is 0.860. The highest BCUT2D eigenvalue weighted by atomic mass is 16.4. The summed E-state index contributed by atoms with van der Waals surface area (Å²) in [5, 5.41) is 0. The van der Waals surface area contributed by atoms with Crippen LogP contribution in [0.1, 0.15) is 35.9 Å². The number of likely N-dealkylation sites (tertiary alicyclic amines) is 1. The second-order valence-electron chi connectivity index (χ2n) is 6.24. The maximum absolute atomic E-state index is 12.5. The highest BCUT2D eigenvalue weighted by Crippen LogP contribution is 2.28. The lowest BCUT2D eigenvalue weighted by molar-refractivity contribution is 0.0652. The first kappa shape index (κ1) is 14.7. The molecule has 1 aliphatic rings. The molecule has 1 aromatic carbocycles. The number of furan rings is 1. The van der Waals surface area contributed by atoms with Gasteiger partial charge in [-0.1, -0.05) is 6.92 Å². The van der Waals surface area contributed by atoms with Crippen molar-refractivity contribution in [3.63, 3.8) is 0 Å². The lowest BCUT2D eigenvalue weighted by Gasteiger charge is -2.30. The highest BCUT2D eigenvalue weighted by molar-refractivity contribution is 5.92. The summed E-state index contributed by atoms with van der Waals surface area (Å²) in [6, 6.07) is 9.32. The Balaban J connectivity index is 1.82. The fourth-order valence-corrected chi connectivity index (χ4v) is 3.09. The van der Waals surface area contributed by atoms with Crippen molar-refractivity contribution < 1.29 is 9.21 Å². The van der Waals surface area contributed by atoms with Gasteiger partial charge >= 0.3 is 0 Å². The molecule has 0 aliphatic carbocycles. The molecule has 0 unspecified atom stereocenters. The second kappa shape index (κ2) is 5.87. The standard InChI is InChI=1S/C18H22N2O2/c1-12-4-3-9-20(11-12)18(21)17-8-7-16(22-17)15-6-5-14(19)10-13(15)2/h5-8,10,12H,3-4,9,11,19H2,1-2H3/t12-/m0/s1. The topological polar surface area (TPSA) is 59.5 Å². The zero-order valence-corrected chi connectivity index (χ0v) is 13.1. The molecule has 116 valence electrons. The van der Waals surface area contributed by atoms with Crippen LogP contribution >= 0.6 is 0 Å². The van der Waals surface area contributed by atoms with Gasteiger partial charge in [0.2, 0.25) is 0 Å². The first-order valence-electron chi connectivity index (χ1n) is 7.80. The molecule has 0 spiro atoms. The number of piperidine rings is 1. The van der Waals surface area contributed by atoms with Gasteiger partial charge in [0.25, 0.3) is 5.91 Å². The third-order valence-electron chi connectivity index (χ3n) is 4.28. The molecule has 2 aromatic rings. The molecule has 4 nitrogen and oxygen atoms in total. The van der Waals surface area contributed by atoms with Gasteiger partial charge in [0.1, 0.15) is 5.76 Å². The summed E-state index contributed by atoms with van der Waals surface area (Å²) in [6.07, 6.45) is 2.26. The summed E-state index contributed by atoms with van der Waals surface area (Å²) in [5.41, 5.74) is 8.52. The van der Waals surface area contributed by atoms with Gasteiger partial charge in [-0.2, -0.15) is 0 Å². The largest absolute Gasteiger partial charge is 0.451 e. The van der Waals surface area contributed by atoms with Crippen molar-refractivity contribution in [1.29, 1.82) is 0 Å². The molecule has 2 N–H and O–H groups in total. The molecule has 1 atom stereocenters. The van der Waals surface area contributed by atoms with Gasteiger partial charge in [-0.15, -0.1) is 0 Å². The zero-order valence-electron chi connectivity index (χ0n) is 13.1. The van der Waals surface area contributed by atoms with Crippen molar-refractivity contribution >= 4 is 11.6 Å². The molecule has 1 aromatic heterocycles. The number of benzene rings is 1. The van der Waals surface area contributed by atoms with Crippen molar-refractivity contribution in [3.8, 4) is 11.3 Å². The number of hydrogen-bond acceptors (Lipinski definition) is 3. The molecule has 1 saturated heterocycles. The lowest BCUT2D eigenvalue weighted by atomic mass is 10.0. The Kier molecular flexibility index (Phi) is 3.92. The fourth-order valence-electron chi connectivity index (χ4n) is 3.09. The van der Waals surface area contributed by atoms with Crippen LogP contribution in [0.15, 0.2) is 34.7 Å². The Morgan fingerprint density at radius 1 is 1.32 bits per heavy atom. The van der Waals surface area contributed by atoms with Crippen molar-refractivity contribution in [3.05, 3.63) is 41.7 Å². The maximum Gasteiger partial charge on any atom is 0.289 e. The number of anilines is 1. The molecule has 0 radical (unpaired) electrons. The molecule has 0 bridgehead atoms. The van der Waals surface area contributed by atoms with E-state index in [0.29, 0.717) is 17.4 Å². The monoisotopic (exact) mass is 298 g/mol. The third-order valence-corrected chi connectivity index (χ3v) is 4.28. The van der Waals surface area contributed by atoms with E-state index in [-0.39, 0.29) is 5.91 Å². The van der Waals surface area contributed by atoms with Gasteiger partial charge in [0.05, 0.1) is 0 Å². The SMILES string of the molecule is Cc1cc(N)ccc1-c1ccc(C(=O)N2CCC[C@H](C)C2)o1. The van der Waals surface area contributed by atoms with Crippen LogP contribution in [0.5, 0.6) is 0 Å². The number of nitrogen functional groups attached to an aromatic ring is 1. The number of rotatable bonds is 2. The first-order valence-corrected chi connectivity index (χ1v) is 7.80. The van der Waals surface area contributed by atoms with Gasteiger partial charge in [-0.25, -0.2) is 0 Å². The number of amides is 1. The average Bonchev–Trinajstić information content (AvgIpc) is 2.96. The van der Waals surface area contributed by atoms with Crippen LogP contribution in [-0.4, -0.2) is 23.9 Å². The van der Waals surface area contributed by atoms with E-state index in [1.165, 1.54) is 6.42 Å². The van der Waals surface area contributed by atoms with Crippen LogP contribution in [0.3, 0.4) is 0 Å². The average molecular weight is 298 g/mol. The van der Waals surface area contributed by atoms with E-state index in [1.807, 2.05) is 36.1 Å². The smallest absolute Gasteiger partial charge is 0.289 e. The summed E-state index contributed by atoms with van der Waals surface area (Å²) in [5.74, 6) is 1.68. The maximum atomic E-state index is 12.5. The van der Waals surface area contributed by atoms with E-state index >= 15 is 0 Å². The second-order valence-corrected chi connectivity index (χ2v) is 6.24. The Hall–Kier alpha value is -2.23. The molecule has 3 rings (SSSR count). The van der Waals surface area contributed by atoms with E-state index < -0.39 is 0 Å². The van der Waals surface area contributed by atoms with Gasteiger partial charge in [-0.3, -0.25) is 4.79 Å². The van der Waals surface area contributed by atoms with Crippen LogP contribution in [0.25, 0.3) is 11.3 Å². The van der Waals surface area contributed by atoms with Gasteiger partial charge < -0.3 is 15.1 Å². The Bertz CT molecular complexity index is 690. The predicted octanol–water partition coefficient (Wildman–Crippen LogP) is 3.71. The summed E-state index contributed by atoms with van der Waals surface area (Å²) < 4.78 is 5.81. The van der Waals surface area contributed by atoms with Gasteiger partial charge in [-0.05, 0) is 61.6 Å². The molecule has 22 heavy (non-hydrogen) atoms. The van der Waals surface area contributed by atoms with Crippen LogP contribution in [0, 0.1) is 12.8 Å². The number of nitrogens with two attached hydrogens (primary N) is 1. The summed E-state index contributed by atoms with van der Waals surface area (Å²) >= 11 is 0. The highest BCUT2D eigenvalue weighted by Gasteiger charge is 2.24. The first-order chi connectivity index (χ1) is 10.5. The van der Waals surface area contributed by atoms with Crippen LogP contribution < -0.4 is 5.73 Å². The number of nitrogens with zero attached hydrogens (tertiary/aromatic N) is 1. The molecule has 0 saturated carbocycles. The minimum absolute atomic E-state index is 0.00843. The van der Waals surface area contributed by atoms with E-state index in [9.17, 15) is 4.79 Å². The number of aryl methyl sites for hydroxylation is 1. The molecule has 1 fully saturated rings. The van der Waals surface area contributed by atoms with E-state index in [2.05, 4.69) is 6.92 Å². The van der Waals surface area contributed by atoms with Crippen molar-refractivity contribution in [1.82, 2.24) is 4.90 Å². The van der Waals surface area contributed by atoms with E-state index in [0.717, 1.165) is 36.3 Å².